The summed E-state index contributed by atoms with van der Waals surface area (Å²) < 4.78 is 182. The van der Waals surface area contributed by atoms with E-state index in [9.17, 15) is 66.5 Å². The van der Waals surface area contributed by atoms with Crippen LogP contribution in [0.15, 0.2) is 103 Å². The molecule has 0 aliphatic rings. The van der Waals surface area contributed by atoms with Gasteiger partial charge < -0.3 is 31.0 Å². The molecule has 5 rings (SSSR count). The fraction of sp³-hybridized carbons (Fsp3) is 0.360. The van der Waals surface area contributed by atoms with Crippen LogP contribution in [0.3, 0.4) is 0 Å². The summed E-state index contributed by atoms with van der Waals surface area (Å²) in [5, 5.41) is 7.35. The predicted molar refractivity (Wildman–Crippen MR) is 254 cm³/mol. The van der Waals surface area contributed by atoms with Gasteiger partial charge in [0.2, 0.25) is 0 Å². The molecule has 73 heavy (non-hydrogen) atoms. The summed E-state index contributed by atoms with van der Waals surface area (Å²) in [7, 11) is -1.18. The zero-order chi connectivity index (χ0) is 53.9. The number of hydrogen-bond acceptors (Lipinski definition) is 8. The van der Waals surface area contributed by atoms with E-state index in [1.807, 2.05) is 20.8 Å². The van der Waals surface area contributed by atoms with Crippen molar-refractivity contribution in [3.05, 3.63) is 165 Å². The molecule has 0 fully saturated rings. The fourth-order valence-electron chi connectivity index (χ4n) is 5.83. The number of benzene rings is 5. The molecular weight excluding hydrogens is 1010 g/mol. The number of hydrogen-bond donors (Lipinski definition) is 4. The van der Waals surface area contributed by atoms with Crippen LogP contribution in [0.4, 0.5) is 57.5 Å². The molecule has 5 aromatic carbocycles. The number of nitrogens with one attached hydrogen (secondary N) is 1. The van der Waals surface area contributed by atoms with Gasteiger partial charge in [-0.15, -0.1) is 0 Å². The van der Waals surface area contributed by atoms with E-state index >= 15 is 0 Å². The molecule has 0 aromatic heterocycles. The summed E-state index contributed by atoms with van der Waals surface area (Å²) in [5.41, 5.74) is 10.3. The molecule has 0 radical (unpaired) electrons. The number of rotatable bonds is 15. The molecule has 5 aromatic rings. The number of alkyl carbamates (subject to hydrolysis) is 1. The number of alkyl halides is 8. The highest BCUT2D eigenvalue weighted by Crippen LogP contribution is 2.37. The minimum Gasteiger partial charge on any atom is -0.444 e. The van der Waals surface area contributed by atoms with E-state index in [-0.39, 0.29) is 61.4 Å². The maximum Gasteiger partial charge on any atom is 0.461 e. The van der Waals surface area contributed by atoms with Crippen LogP contribution in [0, 0.1) is 23.3 Å². The number of carbonyl (C=O) groups is 2. The molecule has 2 atom stereocenters. The fourth-order valence-corrected chi connectivity index (χ4v) is 5.83. The summed E-state index contributed by atoms with van der Waals surface area (Å²) >= 11 is 0. The topological polar surface area (TPSA) is 169 Å². The van der Waals surface area contributed by atoms with Crippen LogP contribution in [0.25, 0.3) is 0 Å². The van der Waals surface area contributed by atoms with Crippen LogP contribution < -0.4 is 31.4 Å². The Hall–Kier alpha value is -6.17. The van der Waals surface area contributed by atoms with Gasteiger partial charge in [-0.3, -0.25) is 9.93 Å². The van der Waals surface area contributed by atoms with E-state index in [2.05, 4.69) is 14.8 Å². The van der Waals surface area contributed by atoms with Crippen molar-refractivity contribution in [3.63, 3.8) is 0 Å². The summed E-state index contributed by atoms with van der Waals surface area (Å²) in [5.74, 6) is -6.29. The van der Waals surface area contributed by atoms with Crippen molar-refractivity contribution in [2.75, 3.05) is 0 Å². The molecule has 0 saturated heterocycles. The van der Waals surface area contributed by atoms with Gasteiger partial charge in [-0.05, 0) is 119 Å². The summed E-state index contributed by atoms with van der Waals surface area (Å²) in [6.07, 6.45) is -18.8. The Kier molecular flexibility index (Phi) is 23.7. The smallest absolute Gasteiger partial charge is 0.444 e. The number of halogens is 12. The number of amides is 1. The minimum atomic E-state index is -4.90. The molecular formula is C50H58F12N4O6S. The lowest BCUT2D eigenvalue weighted by atomic mass is 9.78. The summed E-state index contributed by atoms with van der Waals surface area (Å²) in [4.78, 5) is 24.4. The van der Waals surface area contributed by atoms with Crippen LogP contribution in [0.2, 0.25) is 0 Å². The van der Waals surface area contributed by atoms with Gasteiger partial charge in [0.05, 0.1) is 21.3 Å². The van der Waals surface area contributed by atoms with Crippen molar-refractivity contribution in [1.29, 1.82) is 0 Å². The lowest BCUT2D eigenvalue weighted by Gasteiger charge is -2.32. The van der Waals surface area contributed by atoms with E-state index in [0.29, 0.717) is 35.4 Å². The second kappa shape index (κ2) is 26.7. The van der Waals surface area contributed by atoms with E-state index < -0.39 is 99.4 Å². The van der Waals surface area contributed by atoms with Crippen molar-refractivity contribution in [3.8, 4) is 11.5 Å². The third-order valence-electron chi connectivity index (χ3n) is 9.38. The highest BCUT2D eigenvalue weighted by Gasteiger charge is 2.45. The largest absolute Gasteiger partial charge is 0.461 e. The SMILES string of the molecule is C.C.CC(C)(C)OC(=O)NCc1cc(C(=O)c2cc(F)cc(OC(F)(F)C(F)F)c2)ccc1F.CC(C)(C)[S@](N)=O.NCc1cc([C@](N)(Cc2ccccc2)c2cc(F)cc(OC(F)(F)C(F)F)c2)ccc1F. The van der Waals surface area contributed by atoms with E-state index in [0.717, 1.165) is 36.4 Å². The second-order valence-corrected chi connectivity index (χ2v) is 19.1. The number of carbonyl (C=O) groups excluding carboxylic acids is 2. The Morgan fingerprint density at radius 1 is 0.644 bits per heavy atom. The molecule has 23 heteroatoms. The van der Waals surface area contributed by atoms with Crippen LogP contribution >= 0.6 is 0 Å². The lowest BCUT2D eigenvalue weighted by molar-refractivity contribution is -0.253. The Morgan fingerprint density at radius 3 is 1.63 bits per heavy atom. The minimum absolute atomic E-state index is 0. The third kappa shape index (κ3) is 19.7. The molecule has 0 heterocycles. The quantitative estimate of drug-likeness (QED) is 0.0593. The average Bonchev–Trinajstić information content (AvgIpc) is 3.25. The first-order chi connectivity index (χ1) is 32.7. The lowest BCUT2D eigenvalue weighted by Crippen LogP contribution is -2.41. The molecule has 0 aliphatic carbocycles. The normalized spacial score (nSPS) is 12.9. The maximum atomic E-state index is 14.4. The molecule has 0 aliphatic heterocycles. The zero-order valence-corrected chi connectivity index (χ0v) is 39.5. The van der Waals surface area contributed by atoms with Crippen molar-refractivity contribution in [1.82, 2.24) is 5.32 Å². The van der Waals surface area contributed by atoms with Crippen molar-refractivity contribution in [2.24, 2.45) is 16.6 Å². The standard InChI is InChI=1S/C23H20F6N2O.C21H19F6NO4.C4H11NOS.2CH4/c24-18-9-17(10-19(11-18)32-23(28,29)21(26)27)22(31,12-14-4-2-1-3-5-14)16-6-7-20(25)15(8-16)13-30;1-20(2,3)32-19(30)28-10-13-6-11(4-5-16(13)23)17(29)12-7-14(22)9-15(8-12)31-21(26,27)18(24)25;1-4(2,3)7(5)6;;/h1-11,21H,12-13,30-31H2;4-9,18H,10H2,1-3H3,(H,28,30);5H2,1-3H3;2*1H4/t22-;;7-;;/m1.1../s1. The van der Waals surface area contributed by atoms with Crippen molar-refractivity contribution >= 4 is 22.9 Å². The Labute approximate surface area is 418 Å². The first-order valence-corrected chi connectivity index (χ1v) is 22.0. The molecule has 404 valence electrons. The monoisotopic (exact) mass is 1070 g/mol. The van der Waals surface area contributed by atoms with Crippen molar-refractivity contribution in [2.45, 2.75) is 117 Å². The second-order valence-electron chi connectivity index (χ2n) is 17.3. The van der Waals surface area contributed by atoms with Gasteiger partial charge in [0.25, 0.3) is 0 Å². The van der Waals surface area contributed by atoms with Gasteiger partial charge in [-0.25, -0.2) is 26.6 Å². The molecule has 10 nitrogen and oxygen atoms in total. The molecule has 0 bridgehead atoms. The zero-order valence-electron chi connectivity index (χ0n) is 38.7. The van der Waals surface area contributed by atoms with E-state index in [1.165, 1.54) is 12.1 Å². The maximum absolute atomic E-state index is 14.4. The Bertz CT molecular complexity index is 2630. The van der Waals surface area contributed by atoms with Gasteiger partial charge in [0.1, 0.15) is 40.4 Å². The highest BCUT2D eigenvalue weighted by atomic mass is 32.2. The predicted octanol–water partition coefficient (Wildman–Crippen LogP) is 12.2. The van der Waals surface area contributed by atoms with Crippen molar-refractivity contribution < 1.29 is 80.7 Å². The van der Waals surface area contributed by atoms with Gasteiger partial charge in [-0.1, -0.05) is 51.3 Å². The average molecular weight is 1070 g/mol. The van der Waals surface area contributed by atoms with Crippen LogP contribution in [0.5, 0.6) is 11.5 Å². The number of ketones is 1. The summed E-state index contributed by atoms with van der Waals surface area (Å²) in [6.45, 7) is 9.90. The third-order valence-corrected chi connectivity index (χ3v) is 10.6. The van der Waals surface area contributed by atoms with E-state index in [4.69, 9.17) is 21.3 Å². The number of ether oxygens (including phenoxy) is 3. The Morgan fingerprint density at radius 2 is 1.14 bits per heavy atom. The molecule has 0 unspecified atom stereocenters. The van der Waals surface area contributed by atoms with Gasteiger partial charge in [-0.2, -0.15) is 35.1 Å². The Balaban J connectivity index is 0.000000630. The van der Waals surface area contributed by atoms with Gasteiger partial charge in [0.15, 0.2) is 5.78 Å². The van der Waals surface area contributed by atoms with Gasteiger partial charge >= 0.3 is 31.2 Å². The summed E-state index contributed by atoms with van der Waals surface area (Å²) in [6, 6.07) is 20.0. The first kappa shape index (κ1) is 64.8. The molecule has 0 saturated carbocycles. The van der Waals surface area contributed by atoms with Crippen LogP contribution in [0.1, 0.15) is 100 Å². The molecule has 0 spiro atoms. The number of nitrogens with two attached hydrogens (primary N) is 3. The first-order valence-electron chi connectivity index (χ1n) is 20.8. The molecule has 7 N–H and O–H groups in total. The van der Waals surface area contributed by atoms with Crippen LogP contribution in [-0.4, -0.2) is 51.5 Å². The van der Waals surface area contributed by atoms with Gasteiger partial charge in [0, 0.05) is 47.5 Å². The van der Waals surface area contributed by atoms with E-state index in [1.54, 1.807) is 51.1 Å². The highest BCUT2D eigenvalue weighted by molar-refractivity contribution is 7.84. The molecule has 1 amide bonds. The van der Waals surface area contributed by atoms with Crippen LogP contribution in [-0.2, 0) is 40.8 Å².